The topological polar surface area (TPSA) is 57.7 Å². The van der Waals surface area contributed by atoms with Crippen LogP contribution >= 0.6 is 11.3 Å². The molecule has 0 bridgehead atoms. The van der Waals surface area contributed by atoms with Crippen molar-refractivity contribution in [3.63, 3.8) is 0 Å². The molecule has 0 radical (unpaired) electrons. The highest BCUT2D eigenvalue weighted by Crippen LogP contribution is 2.28. The highest BCUT2D eigenvalue weighted by Gasteiger charge is 2.21. The van der Waals surface area contributed by atoms with Crippen molar-refractivity contribution in [2.45, 2.75) is 0 Å². The second-order valence-corrected chi connectivity index (χ2v) is 7.50. The van der Waals surface area contributed by atoms with Crippen molar-refractivity contribution in [3.8, 4) is 5.75 Å². The molecule has 3 aromatic rings. The average Bonchev–Trinajstić information content (AvgIpc) is 3.10. The molecule has 0 aliphatic carbocycles. The molecular formula is C20H22N4O2S. The van der Waals surface area contributed by atoms with Crippen LogP contribution in [0.1, 0.15) is 0 Å². The van der Waals surface area contributed by atoms with Crippen molar-refractivity contribution in [3.05, 3.63) is 48.5 Å². The first-order chi connectivity index (χ1) is 13.2. The van der Waals surface area contributed by atoms with Crippen LogP contribution in [0.25, 0.3) is 10.2 Å². The summed E-state index contributed by atoms with van der Waals surface area (Å²) in [7, 11) is 1.70. The van der Waals surface area contributed by atoms with Crippen LogP contribution in [0, 0.1) is 0 Å². The van der Waals surface area contributed by atoms with Gasteiger partial charge in [0.05, 0.1) is 29.6 Å². The zero-order valence-corrected chi connectivity index (χ0v) is 16.0. The summed E-state index contributed by atoms with van der Waals surface area (Å²) in [5, 5.41) is 3.59. The molecule has 7 heteroatoms. The molecule has 1 N–H and O–H groups in total. The fourth-order valence-electron chi connectivity index (χ4n) is 3.33. The minimum atomic E-state index is -0.0141. The molecule has 1 fully saturated rings. The van der Waals surface area contributed by atoms with E-state index in [0.29, 0.717) is 11.7 Å². The number of piperazine rings is 1. The number of fused-ring (bicyclic) bond motifs is 1. The third kappa shape index (κ3) is 4.04. The molecule has 140 valence electrons. The molecule has 1 amide bonds. The van der Waals surface area contributed by atoms with Gasteiger partial charge < -0.3 is 15.0 Å². The van der Waals surface area contributed by atoms with Gasteiger partial charge in [0.2, 0.25) is 5.91 Å². The van der Waals surface area contributed by atoms with Gasteiger partial charge in [0.25, 0.3) is 0 Å². The number of methoxy groups -OCH3 is 1. The molecule has 0 atom stereocenters. The van der Waals surface area contributed by atoms with Crippen molar-refractivity contribution in [2.24, 2.45) is 0 Å². The van der Waals surface area contributed by atoms with E-state index in [-0.39, 0.29) is 5.91 Å². The molecule has 0 saturated carbocycles. The molecule has 2 heterocycles. The van der Waals surface area contributed by atoms with E-state index in [1.165, 1.54) is 11.3 Å². The molecule has 4 rings (SSSR count). The molecule has 1 aliphatic rings. The quantitative estimate of drug-likeness (QED) is 0.735. The van der Waals surface area contributed by atoms with Gasteiger partial charge in [-0.2, -0.15) is 0 Å². The Bertz CT molecular complexity index is 901. The van der Waals surface area contributed by atoms with E-state index in [1.807, 2.05) is 42.5 Å². The summed E-state index contributed by atoms with van der Waals surface area (Å²) >= 11 is 1.51. The van der Waals surface area contributed by atoms with Gasteiger partial charge in [-0.1, -0.05) is 35.6 Å². The lowest BCUT2D eigenvalue weighted by Gasteiger charge is -2.36. The third-order valence-corrected chi connectivity index (χ3v) is 5.66. The number of hydrogen-bond acceptors (Lipinski definition) is 6. The number of para-hydroxylation sites is 3. The summed E-state index contributed by atoms with van der Waals surface area (Å²) in [5.74, 6) is 0.874. The predicted molar refractivity (Wildman–Crippen MR) is 110 cm³/mol. The molecule has 0 unspecified atom stereocenters. The second-order valence-electron chi connectivity index (χ2n) is 6.47. The van der Waals surface area contributed by atoms with E-state index in [1.54, 1.807) is 7.11 Å². The fourth-order valence-corrected chi connectivity index (χ4v) is 4.21. The lowest BCUT2D eigenvalue weighted by atomic mass is 10.2. The Kier molecular flexibility index (Phi) is 5.22. The predicted octanol–water partition coefficient (Wildman–Crippen LogP) is 3.07. The van der Waals surface area contributed by atoms with E-state index in [9.17, 15) is 4.79 Å². The Balaban J connectivity index is 1.31. The Labute approximate surface area is 162 Å². The molecule has 1 aromatic heterocycles. The number of carbonyl (C=O) groups excluding carboxylic acids is 1. The van der Waals surface area contributed by atoms with Crippen molar-refractivity contribution < 1.29 is 9.53 Å². The average molecular weight is 382 g/mol. The van der Waals surface area contributed by atoms with Crippen LogP contribution in [-0.4, -0.2) is 55.6 Å². The summed E-state index contributed by atoms with van der Waals surface area (Å²) in [6, 6.07) is 16.0. The van der Waals surface area contributed by atoms with Crippen LogP contribution < -0.4 is 15.0 Å². The van der Waals surface area contributed by atoms with Crippen molar-refractivity contribution >= 4 is 38.3 Å². The first-order valence-electron chi connectivity index (χ1n) is 8.98. The lowest BCUT2D eigenvalue weighted by Crippen LogP contribution is -2.48. The van der Waals surface area contributed by atoms with Gasteiger partial charge in [-0.05, 0) is 24.3 Å². The standard InChI is InChI=1S/C20H22N4O2S/c1-26-17-8-4-3-7-16(17)24-12-10-23(11-13-24)14-19(25)22-20-21-15-6-2-5-9-18(15)27-20/h2-9H,10-14H2,1H3,(H,21,22,25). The van der Waals surface area contributed by atoms with Crippen LogP contribution in [0.2, 0.25) is 0 Å². The van der Waals surface area contributed by atoms with Crippen molar-refractivity contribution in [1.82, 2.24) is 9.88 Å². The Morgan fingerprint density at radius 1 is 1.11 bits per heavy atom. The minimum Gasteiger partial charge on any atom is -0.495 e. The highest BCUT2D eigenvalue weighted by atomic mass is 32.1. The monoisotopic (exact) mass is 382 g/mol. The number of thiazole rings is 1. The van der Waals surface area contributed by atoms with Gasteiger partial charge >= 0.3 is 0 Å². The summed E-state index contributed by atoms with van der Waals surface area (Å²) in [4.78, 5) is 21.3. The highest BCUT2D eigenvalue weighted by molar-refractivity contribution is 7.22. The van der Waals surface area contributed by atoms with Crippen LogP contribution in [0.5, 0.6) is 5.75 Å². The number of anilines is 2. The third-order valence-electron chi connectivity index (χ3n) is 4.71. The maximum Gasteiger partial charge on any atom is 0.240 e. The minimum absolute atomic E-state index is 0.0141. The normalized spacial score (nSPS) is 15.1. The zero-order chi connectivity index (χ0) is 18.6. The zero-order valence-electron chi connectivity index (χ0n) is 15.2. The van der Waals surface area contributed by atoms with Gasteiger partial charge in [0, 0.05) is 26.2 Å². The van der Waals surface area contributed by atoms with E-state index in [0.717, 1.165) is 47.8 Å². The van der Waals surface area contributed by atoms with Gasteiger partial charge in [-0.3, -0.25) is 9.69 Å². The van der Waals surface area contributed by atoms with Gasteiger partial charge in [-0.25, -0.2) is 4.98 Å². The summed E-state index contributed by atoms with van der Waals surface area (Å²) in [5.41, 5.74) is 2.03. The molecule has 27 heavy (non-hydrogen) atoms. The summed E-state index contributed by atoms with van der Waals surface area (Å²) in [6.07, 6.45) is 0. The number of hydrogen-bond donors (Lipinski definition) is 1. The number of aromatic nitrogens is 1. The number of ether oxygens (including phenoxy) is 1. The fraction of sp³-hybridized carbons (Fsp3) is 0.300. The Morgan fingerprint density at radius 3 is 2.63 bits per heavy atom. The number of benzene rings is 2. The summed E-state index contributed by atoms with van der Waals surface area (Å²) in [6.45, 7) is 3.80. The lowest BCUT2D eigenvalue weighted by molar-refractivity contribution is -0.117. The van der Waals surface area contributed by atoms with Crippen LogP contribution in [-0.2, 0) is 4.79 Å². The maximum atomic E-state index is 12.4. The van der Waals surface area contributed by atoms with E-state index in [4.69, 9.17) is 4.74 Å². The van der Waals surface area contributed by atoms with E-state index in [2.05, 4.69) is 26.2 Å². The van der Waals surface area contributed by atoms with Crippen molar-refractivity contribution in [2.75, 3.05) is 50.1 Å². The molecule has 0 spiro atoms. The Hall–Kier alpha value is -2.64. The first kappa shape index (κ1) is 17.8. The largest absolute Gasteiger partial charge is 0.495 e. The molecule has 6 nitrogen and oxygen atoms in total. The van der Waals surface area contributed by atoms with E-state index < -0.39 is 0 Å². The van der Waals surface area contributed by atoms with Crippen LogP contribution in [0.15, 0.2) is 48.5 Å². The summed E-state index contributed by atoms with van der Waals surface area (Å²) < 4.78 is 6.54. The molecule has 2 aromatic carbocycles. The smallest absolute Gasteiger partial charge is 0.240 e. The van der Waals surface area contributed by atoms with Crippen molar-refractivity contribution in [1.29, 1.82) is 0 Å². The number of carbonyl (C=O) groups is 1. The van der Waals surface area contributed by atoms with E-state index >= 15 is 0 Å². The first-order valence-corrected chi connectivity index (χ1v) is 9.80. The number of rotatable bonds is 5. The second kappa shape index (κ2) is 7.94. The van der Waals surface area contributed by atoms with Crippen LogP contribution in [0.4, 0.5) is 10.8 Å². The Morgan fingerprint density at radius 2 is 1.85 bits per heavy atom. The maximum absolute atomic E-state index is 12.4. The van der Waals surface area contributed by atoms with Gasteiger partial charge in [0.15, 0.2) is 5.13 Å². The van der Waals surface area contributed by atoms with Gasteiger partial charge in [-0.15, -0.1) is 0 Å². The van der Waals surface area contributed by atoms with Gasteiger partial charge in [0.1, 0.15) is 5.75 Å². The molecule has 1 aliphatic heterocycles. The molecule has 1 saturated heterocycles. The SMILES string of the molecule is COc1ccccc1N1CCN(CC(=O)Nc2nc3ccccc3s2)CC1. The molecular weight excluding hydrogens is 360 g/mol. The number of amides is 1. The number of nitrogens with zero attached hydrogens (tertiary/aromatic N) is 3. The van der Waals surface area contributed by atoms with Crippen LogP contribution in [0.3, 0.4) is 0 Å². The number of nitrogens with one attached hydrogen (secondary N) is 1.